The molecule has 0 spiro atoms. The maximum Gasteiger partial charge on any atom is 0.411 e. The first-order valence-corrected chi connectivity index (χ1v) is 8.33. The van der Waals surface area contributed by atoms with Crippen LogP contribution in [0.3, 0.4) is 0 Å². The number of carbonyl (C=O) groups is 1. The molecule has 1 aliphatic rings. The van der Waals surface area contributed by atoms with Gasteiger partial charge in [-0.2, -0.15) is 13.2 Å². The predicted octanol–water partition coefficient (Wildman–Crippen LogP) is 0.353. The molecule has 0 aromatic heterocycles. The monoisotopic (exact) mass is 332 g/mol. The van der Waals surface area contributed by atoms with Crippen LogP contribution in [-0.2, 0) is 19.6 Å². The molecular formula is C11H19F3N2O4S. The first-order chi connectivity index (χ1) is 9.57. The molecule has 0 bridgehead atoms. The molecule has 124 valence electrons. The van der Waals surface area contributed by atoms with Crippen molar-refractivity contribution in [3.8, 4) is 0 Å². The number of nitrogens with one attached hydrogen (secondary N) is 1. The van der Waals surface area contributed by atoms with E-state index < -0.39 is 35.3 Å². The zero-order valence-electron chi connectivity index (χ0n) is 11.6. The Morgan fingerprint density at radius 1 is 1.43 bits per heavy atom. The number of ether oxygens (including phenoxy) is 1. The molecule has 1 atom stereocenters. The second kappa shape index (κ2) is 7.41. The molecule has 1 N–H and O–H groups in total. The number of nitrogens with zero attached hydrogens (tertiary/aromatic N) is 1. The van der Waals surface area contributed by atoms with Crippen LogP contribution in [0.15, 0.2) is 0 Å². The molecule has 1 unspecified atom stereocenters. The zero-order chi connectivity index (χ0) is 16.1. The van der Waals surface area contributed by atoms with Crippen molar-refractivity contribution in [2.24, 2.45) is 5.92 Å². The van der Waals surface area contributed by atoms with Crippen molar-refractivity contribution in [1.29, 1.82) is 0 Å². The number of alkyl halides is 3. The molecule has 21 heavy (non-hydrogen) atoms. The average molecular weight is 332 g/mol. The lowest BCUT2D eigenvalue weighted by atomic mass is 9.98. The third-order valence-corrected chi connectivity index (χ3v) is 3.69. The number of likely N-dealkylation sites (tertiary alicyclic amines) is 1. The lowest BCUT2D eigenvalue weighted by Crippen LogP contribution is -2.45. The van der Waals surface area contributed by atoms with E-state index in [4.69, 9.17) is 0 Å². The number of sulfonamides is 1. The summed E-state index contributed by atoms with van der Waals surface area (Å²) in [5.41, 5.74) is 0. The molecule has 0 aromatic carbocycles. The molecule has 1 saturated heterocycles. The number of piperidine rings is 1. The predicted molar refractivity (Wildman–Crippen MR) is 69.0 cm³/mol. The SMILES string of the molecule is CS(=O)(=O)NCC1CCCN(C(=O)COCC(F)(F)F)C1. The van der Waals surface area contributed by atoms with Gasteiger partial charge in [-0.15, -0.1) is 0 Å². The fourth-order valence-electron chi connectivity index (χ4n) is 2.07. The number of amides is 1. The van der Waals surface area contributed by atoms with Crippen molar-refractivity contribution in [3.63, 3.8) is 0 Å². The summed E-state index contributed by atoms with van der Waals surface area (Å²) in [6.45, 7) is -1.09. The van der Waals surface area contributed by atoms with Crippen LogP contribution in [0.2, 0.25) is 0 Å². The Morgan fingerprint density at radius 2 is 2.10 bits per heavy atom. The molecule has 0 radical (unpaired) electrons. The fraction of sp³-hybridized carbons (Fsp3) is 0.909. The van der Waals surface area contributed by atoms with E-state index in [0.29, 0.717) is 19.5 Å². The van der Waals surface area contributed by atoms with E-state index in [1.807, 2.05) is 0 Å². The molecule has 6 nitrogen and oxygen atoms in total. The quantitative estimate of drug-likeness (QED) is 0.762. The highest BCUT2D eigenvalue weighted by atomic mass is 32.2. The molecule has 0 aliphatic carbocycles. The van der Waals surface area contributed by atoms with E-state index >= 15 is 0 Å². The molecule has 1 aliphatic heterocycles. The Labute approximate surface area is 121 Å². The highest BCUT2D eigenvalue weighted by Gasteiger charge is 2.29. The highest BCUT2D eigenvalue weighted by molar-refractivity contribution is 7.88. The van der Waals surface area contributed by atoms with Crippen LogP contribution in [-0.4, -0.2) is 64.5 Å². The molecule has 1 rings (SSSR count). The maximum atomic E-state index is 11.9. The Balaban J connectivity index is 2.36. The van der Waals surface area contributed by atoms with Crippen LogP contribution < -0.4 is 4.72 Å². The summed E-state index contributed by atoms with van der Waals surface area (Å²) in [5, 5.41) is 0. The third-order valence-electron chi connectivity index (χ3n) is 3.00. The minimum absolute atomic E-state index is 0.0416. The summed E-state index contributed by atoms with van der Waals surface area (Å²) in [4.78, 5) is 13.1. The summed E-state index contributed by atoms with van der Waals surface area (Å²) < 4.78 is 64.4. The molecule has 10 heteroatoms. The van der Waals surface area contributed by atoms with Gasteiger partial charge in [-0.25, -0.2) is 13.1 Å². The van der Waals surface area contributed by atoms with Crippen molar-refractivity contribution in [3.05, 3.63) is 0 Å². The van der Waals surface area contributed by atoms with Gasteiger partial charge < -0.3 is 9.64 Å². The minimum Gasteiger partial charge on any atom is -0.362 e. The van der Waals surface area contributed by atoms with Gasteiger partial charge in [0.05, 0.1) is 6.26 Å². The van der Waals surface area contributed by atoms with Gasteiger partial charge in [0.2, 0.25) is 15.9 Å². The number of hydrogen-bond donors (Lipinski definition) is 1. The van der Waals surface area contributed by atoms with Crippen molar-refractivity contribution in [2.75, 3.05) is 39.1 Å². The van der Waals surface area contributed by atoms with Gasteiger partial charge in [0, 0.05) is 19.6 Å². The van der Waals surface area contributed by atoms with Crippen molar-refractivity contribution >= 4 is 15.9 Å². The van der Waals surface area contributed by atoms with Crippen LogP contribution in [0, 0.1) is 5.92 Å². The van der Waals surface area contributed by atoms with Crippen LogP contribution >= 0.6 is 0 Å². The average Bonchev–Trinajstić information content (AvgIpc) is 2.34. The Hall–Kier alpha value is -0.870. The summed E-state index contributed by atoms with van der Waals surface area (Å²) in [6, 6.07) is 0. The van der Waals surface area contributed by atoms with E-state index in [1.54, 1.807) is 0 Å². The van der Waals surface area contributed by atoms with E-state index in [1.165, 1.54) is 4.90 Å². The van der Waals surface area contributed by atoms with Gasteiger partial charge in [0.15, 0.2) is 0 Å². The lowest BCUT2D eigenvalue weighted by molar-refractivity contribution is -0.178. The van der Waals surface area contributed by atoms with Crippen LogP contribution in [0.1, 0.15) is 12.8 Å². The van der Waals surface area contributed by atoms with Crippen molar-refractivity contribution in [1.82, 2.24) is 9.62 Å². The summed E-state index contributed by atoms with van der Waals surface area (Å²) >= 11 is 0. The minimum atomic E-state index is -4.45. The largest absolute Gasteiger partial charge is 0.411 e. The Kier molecular flexibility index (Phi) is 6.41. The third kappa shape index (κ3) is 8.22. The molecule has 1 amide bonds. The molecule has 0 aromatic rings. The summed E-state index contributed by atoms with van der Waals surface area (Å²) in [7, 11) is -3.29. The van der Waals surface area contributed by atoms with Gasteiger partial charge in [0.25, 0.3) is 0 Å². The normalized spacial score (nSPS) is 20.6. The van der Waals surface area contributed by atoms with Gasteiger partial charge in [0.1, 0.15) is 13.2 Å². The first-order valence-electron chi connectivity index (χ1n) is 6.44. The van der Waals surface area contributed by atoms with Crippen molar-refractivity contribution < 1.29 is 31.1 Å². The van der Waals surface area contributed by atoms with Gasteiger partial charge >= 0.3 is 6.18 Å². The van der Waals surface area contributed by atoms with E-state index in [2.05, 4.69) is 9.46 Å². The fourth-order valence-corrected chi connectivity index (χ4v) is 2.61. The standard InChI is InChI=1S/C11H19F3N2O4S/c1-21(18,19)15-5-9-3-2-4-16(6-9)10(17)7-20-8-11(12,13)14/h9,15H,2-8H2,1H3. The zero-order valence-corrected chi connectivity index (χ0v) is 12.5. The Bertz CT molecular complexity index is 453. The first kappa shape index (κ1) is 18.2. The van der Waals surface area contributed by atoms with Gasteiger partial charge in [-0.3, -0.25) is 4.79 Å². The van der Waals surface area contributed by atoms with Crippen LogP contribution in [0.5, 0.6) is 0 Å². The summed E-state index contributed by atoms with van der Waals surface area (Å²) in [6.07, 6.45) is -1.97. The second-order valence-electron chi connectivity index (χ2n) is 5.08. The Morgan fingerprint density at radius 3 is 2.67 bits per heavy atom. The van der Waals surface area contributed by atoms with Gasteiger partial charge in [-0.05, 0) is 18.8 Å². The topological polar surface area (TPSA) is 75.7 Å². The lowest BCUT2D eigenvalue weighted by Gasteiger charge is -2.32. The van der Waals surface area contributed by atoms with Crippen LogP contribution in [0.25, 0.3) is 0 Å². The molecule has 1 heterocycles. The molecule has 1 fully saturated rings. The molecular weight excluding hydrogens is 313 g/mol. The maximum absolute atomic E-state index is 11.9. The number of rotatable bonds is 6. The van der Waals surface area contributed by atoms with Gasteiger partial charge in [-0.1, -0.05) is 0 Å². The van der Waals surface area contributed by atoms with E-state index in [-0.39, 0.29) is 12.5 Å². The summed E-state index contributed by atoms with van der Waals surface area (Å²) in [5.74, 6) is -0.552. The van der Waals surface area contributed by atoms with E-state index in [9.17, 15) is 26.4 Å². The molecule has 0 saturated carbocycles. The number of hydrogen-bond acceptors (Lipinski definition) is 4. The smallest absolute Gasteiger partial charge is 0.362 e. The second-order valence-corrected chi connectivity index (χ2v) is 6.91. The number of halogens is 3. The van der Waals surface area contributed by atoms with Crippen molar-refractivity contribution in [2.45, 2.75) is 19.0 Å². The van der Waals surface area contributed by atoms with E-state index in [0.717, 1.165) is 12.7 Å². The number of carbonyl (C=O) groups excluding carboxylic acids is 1. The van der Waals surface area contributed by atoms with Crippen LogP contribution in [0.4, 0.5) is 13.2 Å². The highest BCUT2D eigenvalue weighted by Crippen LogP contribution is 2.17.